The van der Waals surface area contributed by atoms with Gasteiger partial charge in [0.15, 0.2) is 5.75 Å². The number of aryl methyl sites for hydroxylation is 2. The highest BCUT2D eigenvalue weighted by atomic mass is 16.6. The molecule has 34 heavy (non-hydrogen) atoms. The summed E-state index contributed by atoms with van der Waals surface area (Å²) in [5.41, 5.74) is 7.17. The van der Waals surface area contributed by atoms with Gasteiger partial charge in [0.25, 0.3) is 0 Å². The topological polar surface area (TPSA) is 144 Å². The molecular formula is C24H21N3O7. The smallest absolute Gasteiger partial charge is 0.339 e. The summed E-state index contributed by atoms with van der Waals surface area (Å²) >= 11 is 0. The van der Waals surface area contributed by atoms with Crippen LogP contribution in [0.3, 0.4) is 0 Å². The van der Waals surface area contributed by atoms with E-state index in [1.54, 1.807) is 24.3 Å². The predicted octanol–water partition coefficient (Wildman–Crippen LogP) is 3.87. The van der Waals surface area contributed by atoms with Gasteiger partial charge >= 0.3 is 5.69 Å². The fourth-order valence-electron chi connectivity index (χ4n) is 3.77. The Morgan fingerprint density at radius 3 is 2.56 bits per heavy atom. The number of carbonyl (C=O) groups is 1. The summed E-state index contributed by atoms with van der Waals surface area (Å²) in [5, 5.41) is 22.1. The molecule has 10 nitrogen and oxygen atoms in total. The van der Waals surface area contributed by atoms with Crippen LogP contribution in [0.25, 0.3) is 21.9 Å². The number of anilines is 1. The van der Waals surface area contributed by atoms with Gasteiger partial charge in [-0.25, -0.2) is 0 Å². The number of hydrogen-bond acceptors (Lipinski definition) is 8. The molecule has 1 aromatic heterocycles. The van der Waals surface area contributed by atoms with Crippen LogP contribution < -0.4 is 21.0 Å². The molecule has 0 saturated heterocycles. The normalized spacial score (nSPS) is 10.9. The molecule has 4 aromatic rings. The van der Waals surface area contributed by atoms with Crippen molar-refractivity contribution in [1.82, 2.24) is 5.43 Å². The minimum absolute atomic E-state index is 0.0745. The van der Waals surface area contributed by atoms with Gasteiger partial charge in [0.2, 0.25) is 17.1 Å². The molecule has 174 valence electrons. The Bertz CT molecular complexity index is 1530. The van der Waals surface area contributed by atoms with Crippen molar-refractivity contribution >= 4 is 39.2 Å². The minimum atomic E-state index is -0.734. The van der Waals surface area contributed by atoms with Crippen LogP contribution in [-0.2, 0) is 11.2 Å². The molecule has 4 rings (SSSR count). The first-order valence-electron chi connectivity index (χ1n) is 10.3. The molecule has 0 aliphatic carbocycles. The zero-order chi connectivity index (χ0) is 24.6. The van der Waals surface area contributed by atoms with Crippen LogP contribution in [0.1, 0.15) is 16.7 Å². The molecule has 0 unspecified atom stereocenters. The van der Waals surface area contributed by atoms with Crippen molar-refractivity contribution in [2.45, 2.75) is 20.3 Å². The third-order valence-corrected chi connectivity index (χ3v) is 5.65. The van der Waals surface area contributed by atoms with E-state index in [0.717, 1.165) is 11.1 Å². The maximum atomic E-state index is 13.0. The van der Waals surface area contributed by atoms with Crippen LogP contribution in [-0.4, -0.2) is 23.0 Å². The molecule has 0 aliphatic heterocycles. The van der Waals surface area contributed by atoms with Crippen molar-refractivity contribution in [3.05, 3.63) is 79.5 Å². The number of nitrogens with zero attached hydrogens (tertiary/aromatic N) is 1. The van der Waals surface area contributed by atoms with Crippen molar-refractivity contribution in [3.63, 3.8) is 0 Å². The van der Waals surface area contributed by atoms with Gasteiger partial charge in [-0.15, -0.1) is 0 Å². The number of nitro groups is 1. The molecule has 1 amide bonds. The molecule has 3 N–H and O–H groups in total. The van der Waals surface area contributed by atoms with E-state index in [0.29, 0.717) is 27.5 Å². The number of fused-ring (bicyclic) bond motifs is 2. The van der Waals surface area contributed by atoms with Crippen LogP contribution in [0.5, 0.6) is 11.5 Å². The average molecular weight is 463 g/mol. The van der Waals surface area contributed by atoms with Crippen molar-refractivity contribution in [2.75, 3.05) is 12.5 Å². The molecule has 0 bridgehead atoms. The van der Waals surface area contributed by atoms with Gasteiger partial charge in [0, 0.05) is 5.56 Å². The SMILES string of the molecule is COc1c(O)ccc(NNC(=O)Cc2cccc3c(=O)c4ccc(C)c(C)c4oc23)c1[N+](=O)[O-]. The van der Waals surface area contributed by atoms with Gasteiger partial charge in [-0.05, 0) is 49.2 Å². The number of para-hydroxylation sites is 1. The first kappa shape index (κ1) is 22.6. The fraction of sp³-hybridized carbons (Fsp3) is 0.167. The molecule has 10 heteroatoms. The Labute approximate surface area is 192 Å². The zero-order valence-corrected chi connectivity index (χ0v) is 18.6. The maximum absolute atomic E-state index is 13.0. The standard InChI is InChI=1S/C24H21N3O7/c1-12-7-8-16-21(30)15-6-4-5-14(23(15)34-22(16)13(12)2)11-19(29)26-25-17-9-10-18(28)24(33-3)20(17)27(31)32/h4-10,25,28H,11H2,1-3H3,(H,26,29). The first-order valence-corrected chi connectivity index (χ1v) is 10.3. The monoisotopic (exact) mass is 463 g/mol. The van der Waals surface area contributed by atoms with E-state index in [1.807, 2.05) is 19.9 Å². The number of hydrogen-bond donors (Lipinski definition) is 3. The molecule has 0 fully saturated rings. The summed E-state index contributed by atoms with van der Waals surface area (Å²) < 4.78 is 11.0. The fourth-order valence-corrected chi connectivity index (χ4v) is 3.77. The lowest BCUT2D eigenvalue weighted by atomic mass is 10.0. The van der Waals surface area contributed by atoms with E-state index in [9.17, 15) is 24.8 Å². The quantitative estimate of drug-likeness (QED) is 0.169. The number of ether oxygens (including phenoxy) is 1. The molecule has 0 aliphatic rings. The lowest BCUT2D eigenvalue weighted by Gasteiger charge is -2.12. The van der Waals surface area contributed by atoms with Gasteiger partial charge in [-0.1, -0.05) is 18.2 Å². The summed E-state index contributed by atoms with van der Waals surface area (Å²) in [6.45, 7) is 3.78. The second kappa shape index (κ2) is 8.74. The number of nitrogens with one attached hydrogen (secondary N) is 2. The van der Waals surface area contributed by atoms with E-state index < -0.39 is 22.3 Å². The summed E-state index contributed by atoms with van der Waals surface area (Å²) in [4.78, 5) is 36.4. The zero-order valence-electron chi connectivity index (χ0n) is 18.6. The van der Waals surface area contributed by atoms with E-state index in [-0.39, 0.29) is 23.3 Å². The van der Waals surface area contributed by atoms with Crippen molar-refractivity contribution in [3.8, 4) is 11.5 Å². The van der Waals surface area contributed by atoms with Gasteiger partial charge in [0.05, 0.1) is 29.2 Å². The molecular weight excluding hydrogens is 442 g/mol. The second-order valence-electron chi connectivity index (χ2n) is 7.73. The second-order valence-corrected chi connectivity index (χ2v) is 7.73. The van der Waals surface area contributed by atoms with Crippen LogP contribution in [0.2, 0.25) is 0 Å². The predicted molar refractivity (Wildman–Crippen MR) is 126 cm³/mol. The highest BCUT2D eigenvalue weighted by molar-refractivity contribution is 5.94. The van der Waals surface area contributed by atoms with Crippen molar-refractivity contribution in [1.29, 1.82) is 0 Å². The number of carbonyl (C=O) groups excluding carboxylic acids is 1. The number of methoxy groups -OCH3 is 1. The Morgan fingerprint density at radius 2 is 1.85 bits per heavy atom. The lowest BCUT2D eigenvalue weighted by Crippen LogP contribution is -2.31. The minimum Gasteiger partial charge on any atom is -0.504 e. The average Bonchev–Trinajstić information content (AvgIpc) is 2.81. The molecule has 0 radical (unpaired) electrons. The van der Waals surface area contributed by atoms with E-state index >= 15 is 0 Å². The molecule has 3 aromatic carbocycles. The largest absolute Gasteiger partial charge is 0.504 e. The number of phenolic OH excluding ortho intramolecular Hbond substituents is 1. The molecule has 0 atom stereocenters. The Kier molecular flexibility index (Phi) is 5.80. The molecule has 0 spiro atoms. The van der Waals surface area contributed by atoms with Gasteiger partial charge in [-0.3, -0.25) is 30.6 Å². The third-order valence-electron chi connectivity index (χ3n) is 5.65. The van der Waals surface area contributed by atoms with Gasteiger partial charge in [0.1, 0.15) is 16.9 Å². The number of hydrazine groups is 1. The Morgan fingerprint density at radius 1 is 1.12 bits per heavy atom. The summed E-state index contributed by atoms with van der Waals surface area (Å²) in [7, 11) is 1.19. The Hall–Kier alpha value is -4.60. The summed E-state index contributed by atoms with van der Waals surface area (Å²) in [6, 6.07) is 11.0. The highest BCUT2D eigenvalue weighted by Gasteiger charge is 2.25. The van der Waals surface area contributed by atoms with Crippen LogP contribution in [0.15, 0.2) is 51.7 Å². The van der Waals surface area contributed by atoms with Crippen molar-refractivity contribution < 1.29 is 24.0 Å². The van der Waals surface area contributed by atoms with E-state index in [4.69, 9.17) is 9.15 Å². The molecule has 0 saturated carbocycles. The number of rotatable bonds is 6. The highest BCUT2D eigenvalue weighted by Crippen LogP contribution is 2.41. The van der Waals surface area contributed by atoms with E-state index in [1.165, 1.54) is 19.2 Å². The number of aromatic hydroxyl groups is 1. The number of benzene rings is 3. The van der Waals surface area contributed by atoms with Crippen LogP contribution in [0.4, 0.5) is 11.4 Å². The number of amides is 1. The number of nitro benzene ring substituents is 1. The molecule has 1 heterocycles. The Balaban J connectivity index is 1.65. The first-order chi connectivity index (χ1) is 16.2. The van der Waals surface area contributed by atoms with Crippen molar-refractivity contribution in [2.24, 2.45) is 0 Å². The van der Waals surface area contributed by atoms with Gasteiger partial charge < -0.3 is 14.3 Å². The third kappa shape index (κ3) is 3.85. The maximum Gasteiger partial charge on any atom is 0.339 e. The van der Waals surface area contributed by atoms with Gasteiger partial charge in [-0.2, -0.15) is 0 Å². The summed E-state index contributed by atoms with van der Waals surface area (Å²) in [5.74, 6) is -1.27. The lowest BCUT2D eigenvalue weighted by molar-refractivity contribution is -0.384. The van der Waals surface area contributed by atoms with Crippen LogP contribution in [0, 0.1) is 24.0 Å². The van der Waals surface area contributed by atoms with E-state index in [2.05, 4.69) is 10.9 Å². The summed E-state index contributed by atoms with van der Waals surface area (Å²) in [6.07, 6.45) is -0.160. The number of phenols is 1. The van der Waals surface area contributed by atoms with Crippen LogP contribution >= 0.6 is 0 Å².